The number of alkyl halides is 3. The molecule has 1 atom stereocenters. The van der Waals surface area contributed by atoms with E-state index in [0.29, 0.717) is 5.69 Å². The Balaban J connectivity index is 1.92. The molecule has 0 saturated heterocycles. The third kappa shape index (κ3) is 4.73. The van der Waals surface area contributed by atoms with Crippen LogP contribution >= 0.6 is 0 Å². The Kier molecular flexibility index (Phi) is 6.09. The highest BCUT2D eigenvalue weighted by Gasteiger charge is 2.34. The van der Waals surface area contributed by atoms with E-state index in [1.54, 1.807) is 6.92 Å². The molecule has 0 fully saturated rings. The number of benzene rings is 2. The summed E-state index contributed by atoms with van der Waals surface area (Å²) in [5, 5.41) is 2.25. The molecule has 2 amide bonds. The van der Waals surface area contributed by atoms with Crippen LogP contribution in [0.4, 0.5) is 28.0 Å². The normalized spacial score (nSPS) is 12.3. The Morgan fingerprint density at radius 2 is 1.74 bits per heavy atom. The van der Waals surface area contributed by atoms with Gasteiger partial charge in [0.25, 0.3) is 5.56 Å². The van der Waals surface area contributed by atoms with Crippen molar-refractivity contribution in [1.82, 2.24) is 14.5 Å². The summed E-state index contributed by atoms with van der Waals surface area (Å²) in [4.78, 5) is 30.4. The first kappa shape index (κ1) is 22.0. The van der Waals surface area contributed by atoms with E-state index in [2.05, 4.69) is 10.3 Å². The summed E-state index contributed by atoms with van der Waals surface area (Å²) in [5.74, 6) is -0.337. The molecule has 1 unspecified atom stereocenters. The van der Waals surface area contributed by atoms with Crippen molar-refractivity contribution in [3.05, 3.63) is 88.4 Å². The van der Waals surface area contributed by atoms with E-state index in [0.717, 1.165) is 17.0 Å². The molecule has 6 nitrogen and oxygen atoms in total. The summed E-state index contributed by atoms with van der Waals surface area (Å²) in [7, 11) is 1.37. The molecule has 0 aliphatic carbocycles. The van der Waals surface area contributed by atoms with Crippen molar-refractivity contribution >= 4 is 11.7 Å². The smallest absolute Gasteiger partial charge is 0.318 e. The fourth-order valence-electron chi connectivity index (χ4n) is 2.96. The predicted octanol–water partition coefficient (Wildman–Crippen LogP) is 4.62. The van der Waals surface area contributed by atoms with Gasteiger partial charge in [-0.05, 0) is 43.3 Å². The second-order valence-corrected chi connectivity index (χ2v) is 6.71. The SMILES string of the molecule is CC(c1nccc(=O)n1-c1ccc(F)cc1)N(C)C(=O)Nc1ccccc1C(F)(F)F. The number of hydrogen-bond acceptors (Lipinski definition) is 3. The van der Waals surface area contributed by atoms with Gasteiger partial charge in [0.2, 0.25) is 0 Å². The van der Waals surface area contributed by atoms with Crippen LogP contribution in [0.3, 0.4) is 0 Å². The maximum Gasteiger partial charge on any atom is 0.418 e. The van der Waals surface area contributed by atoms with E-state index in [-0.39, 0.29) is 5.82 Å². The monoisotopic (exact) mass is 434 g/mol. The van der Waals surface area contributed by atoms with Crippen molar-refractivity contribution in [2.45, 2.75) is 19.1 Å². The molecule has 0 aliphatic heterocycles. The molecule has 1 N–H and O–H groups in total. The van der Waals surface area contributed by atoms with Crippen molar-refractivity contribution in [3.63, 3.8) is 0 Å². The third-order valence-corrected chi connectivity index (χ3v) is 4.71. The molecule has 162 valence electrons. The quantitative estimate of drug-likeness (QED) is 0.610. The van der Waals surface area contributed by atoms with Crippen LogP contribution in [0.25, 0.3) is 5.69 Å². The van der Waals surface area contributed by atoms with Gasteiger partial charge in [-0.3, -0.25) is 9.36 Å². The number of nitrogens with one attached hydrogen (secondary N) is 1. The van der Waals surface area contributed by atoms with Crippen LogP contribution in [0, 0.1) is 5.82 Å². The molecule has 10 heteroatoms. The molecular weight excluding hydrogens is 416 g/mol. The lowest BCUT2D eigenvalue weighted by atomic mass is 10.1. The van der Waals surface area contributed by atoms with Crippen LogP contribution < -0.4 is 10.9 Å². The van der Waals surface area contributed by atoms with Gasteiger partial charge in [-0.25, -0.2) is 14.2 Å². The zero-order valence-corrected chi connectivity index (χ0v) is 16.5. The highest BCUT2D eigenvalue weighted by molar-refractivity contribution is 5.90. The zero-order chi connectivity index (χ0) is 22.8. The number of carbonyl (C=O) groups is 1. The van der Waals surface area contributed by atoms with E-state index in [1.807, 2.05) is 0 Å². The van der Waals surface area contributed by atoms with Crippen molar-refractivity contribution in [2.24, 2.45) is 0 Å². The summed E-state index contributed by atoms with van der Waals surface area (Å²) in [6.07, 6.45) is -3.38. The van der Waals surface area contributed by atoms with Crippen molar-refractivity contribution in [2.75, 3.05) is 12.4 Å². The number of para-hydroxylation sites is 1. The van der Waals surface area contributed by atoms with Gasteiger partial charge in [0.15, 0.2) is 0 Å². The van der Waals surface area contributed by atoms with Gasteiger partial charge in [0.1, 0.15) is 11.6 Å². The molecule has 0 aliphatic rings. The number of anilines is 1. The molecule has 3 aromatic rings. The average molecular weight is 434 g/mol. The number of urea groups is 1. The summed E-state index contributed by atoms with van der Waals surface area (Å²) in [6.45, 7) is 1.57. The molecule has 1 heterocycles. The third-order valence-electron chi connectivity index (χ3n) is 4.71. The van der Waals surface area contributed by atoms with Gasteiger partial charge in [0.05, 0.1) is 23.0 Å². The summed E-state index contributed by atoms with van der Waals surface area (Å²) >= 11 is 0. The van der Waals surface area contributed by atoms with Gasteiger partial charge in [0, 0.05) is 19.3 Å². The van der Waals surface area contributed by atoms with E-state index in [4.69, 9.17) is 0 Å². The van der Waals surface area contributed by atoms with Crippen LogP contribution in [0.15, 0.2) is 65.6 Å². The molecule has 31 heavy (non-hydrogen) atoms. The maximum absolute atomic E-state index is 13.3. The second-order valence-electron chi connectivity index (χ2n) is 6.71. The number of aromatic nitrogens is 2. The molecule has 2 aromatic carbocycles. The number of halogens is 4. The molecule has 0 saturated carbocycles. The molecule has 0 bridgehead atoms. The topological polar surface area (TPSA) is 67.2 Å². The minimum Gasteiger partial charge on any atom is -0.318 e. The van der Waals surface area contributed by atoms with Crippen LogP contribution in [-0.4, -0.2) is 27.5 Å². The van der Waals surface area contributed by atoms with Crippen molar-refractivity contribution < 1.29 is 22.4 Å². The van der Waals surface area contributed by atoms with E-state index >= 15 is 0 Å². The van der Waals surface area contributed by atoms with Crippen LogP contribution in [0.1, 0.15) is 24.4 Å². The van der Waals surface area contributed by atoms with Crippen LogP contribution in [0.2, 0.25) is 0 Å². The standard InChI is InChI=1S/C21H18F4N4O2/c1-13(19-26-12-11-18(30)29(19)15-9-7-14(22)8-10-15)28(2)20(31)27-17-6-4-3-5-16(17)21(23,24)25/h3-13H,1-2H3,(H,27,31). The van der Waals surface area contributed by atoms with Gasteiger partial charge in [-0.2, -0.15) is 13.2 Å². The number of carbonyl (C=O) groups excluding carboxylic acids is 1. The average Bonchev–Trinajstić information content (AvgIpc) is 2.73. The predicted molar refractivity (Wildman–Crippen MR) is 106 cm³/mol. The molecule has 0 radical (unpaired) electrons. The van der Waals surface area contributed by atoms with Gasteiger partial charge in [-0.15, -0.1) is 0 Å². The highest BCUT2D eigenvalue weighted by Crippen LogP contribution is 2.34. The Labute approximate surface area is 174 Å². The summed E-state index contributed by atoms with van der Waals surface area (Å²) in [5.41, 5.74) is -1.50. The molecule has 3 rings (SSSR count). The summed E-state index contributed by atoms with van der Waals surface area (Å²) < 4.78 is 54.1. The Morgan fingerprint density at radius 3 is 2.39 bits per heavy atom. The number of rotatable bonds is 4. The fraction of sp³-hybridized carbons (Fsp3) is 0.190. The second kappa shape index (κ2) is 8.58. The summed E-state index contributed by atoms with van der Waals surface area (Å²) in [6, 6.07) is 9.30. The molecular formula is C21H18F4N4O2. The maximum atomic E-state index is 13.3. The van der Waals surface area contributed by atoms with Crippen molar-refractivity contribution in [3.8, 4) is 5.69 Å². The van der Waals surface area contributed by atoms with Gasteiger partial charge >= 0.3 is 12.2 Å². The number of hydrogen-bond donors (Lipinski definition) is 1. The first-order chi connectivity index (χ1) is 14.6. The lowest BCUT2D eigenvalue weighted by Gasteiger charge is -2.27. The molecule has 0 spiro atoms. The van der Waals surface area contributed by atoms with E-state index in [1.165, 1.54) is 60.3 Å². The molecule has 1 aromatic heterocycles. The Bertz CT molecular complexity index is 1140. The van der Waals surface area contributed by atoms with Gasteiger partial charge < -0.3 is 10.2 Å². The van der Waals surface area contributed by atoms with Crippen LogP contribution in [0.5, 0.6) is 0 Å². The zero-order valence-electron chi connectivity index (χ0n) is 16.5. The highest BCUT2D eigenvalue weighted by atomic mass is 19.4. The first-order valence-electron chi connectivity index (χ1n) is 9.13. The largest absolute Gasteiger partial charge is 0.418 e. The first-order valence-corrected chi connectivity index (χ1v) is 9.13. The van der Waals surface area contributed by atoms with E-state index < -0.39 is 40.9 Å². The number of amides is 2. The van der Waals surface area contributed by atoms with Crippen molar-refractivity contribution in [1.29, 1.82) is 0 Å². The minimum absolute atomic E-state index is 0.154. The Morgan fingerprint density at radius 1 is 1.10 bits per heavy atom. The minimum atomic E-state index is -4.64. The lowest BCUT2D eigenvalue weighted by molar-refractivity contribution is -0.136. The fourth-order valence-corrected chi connectivity index (χ4v) is 2.96. The van der Waals surface area contributed by atoms with E-state index in [9.17, 15) is 27.2 Å². The van der Waals surface area contributed by atoms with Gasteiger partial charge in [-0.1, -0.05) is 12.1 Å². The van der Waals surface area contributed by atoms with Crippen LogP contribution in [-0.2, 0) is 6.18 Å². The number of nitrogens with zero attached hydrogens (tertiary/aromatic N) is 3. The Hall–Kier alpha value is -3.69. The lowest BCUT2D eigenvalue weighted by Crippen LogP contribution is -2.37.